The highest BCUT2D eigenvalue weighted by Crippen LogP contribution is 2.17. The molecular weight excluding hydrogens is 1010 g/mol. The highest BCUT2D eigenvalue weighted by Gasteiger charge is 2.19. The van der Waals surface area contributed by atoms with Gasteiger partial charge >= 0.3 is 17.9 Å². The summed E-state index contributed by atoms with van der Waals surface area (Å²) in [5.41, 5.74) is 0. The number of unbranched alkanes of at least 4 members (excludes halogenated alkanes) is 43. The summed E-state index contributed by atoms with van der Waals surface area (Å²) in [5.74, 6) is -0.877. The quantitative estimate of drug-likeness (QED) is 0.0261. The van der Waals surface area contributed by atoms with E-state index in [9.17, 15) is 14.4 Å². The molecule has 0 saturated carbocycles. The summed E-state index contributed by atoms with van der Waals surface area (Å²) in [5, 5.41) is 0. The van der Waals surface area contributed by atoms with E-state index in [1.54, 1.807) is 0 Å². The Bertz CT molecular complexity index is 1500. The smallest absolute Gasteiger partial charge is 0.306 e. The molecular formula is C76H136O6. The van der Waals surface area contributed by atoms with Crippen LogP contribution in [0.15, 0.2) is 72.9 Å². The maximum Gasteiger partial charge on any atom is 0.306 e. The van der Waals surface area contributed by atoms with Gasteiger partial charge in [-0.1, -0.05) is 312 Å². The Morgan fingerprint density at radius 3 is 0.707 bits per heavy atom. The summed E-state index contributed by atoms with van der Waals surface area (Å²) in [4.78, 5) is 38.4. The summed E-state index contributed by atoms with van der Waals surface area (Å²) >= 11 is 0. The fraction of sp³-hybridized carbons (Fsp3) is 0.803. The molecule has 0 radical (unpaired) electrons. The lowest BCUT2D eigenvalue weighted by Crippen LogP contribution is -2.30. The van der Waals surface area contributed by atoms with E-state index in [4.69, 9.17) is 14.2 Å². The summed E-state index contributed by atoms with van der Waals surface area (Å²) in [6.45, 7) is 6.64. The van der Waals surface area contributed by atoms with E-state index in [2.05, 4.69) is 93.7 Å². The van der Waals surface area contributed by atoms with Gasteiger partial charge in [0.15, 0.2) is 6.10 Å². The first-order valence-corrected chi connectivity index (χ1v) is 35.9. The van der Waals surface area contributed by atoms with E-state index in [0.717, 1.165) is 89.9 Å². The Kier molecular flexibility index (Phi) is 67.6. The predicted molar refractivity (Wildman–Crippen MR) is 358 cm³/mol. The number of carbonyl (C=O) groups is 3. The molecule has 0 aliphatic heterocycles. The molecule has 0 aromatic rings. The zero-order chi connectivity index (χ0) is 59.2. The molecule has 6 heteroatoms. The molecule has 0 fully saturated rings. The van der Waals surface area contributed by atoms with Crippen LogP contribution >= 0.6 is 0 Å². The third-order valence-corrected chi connectivity index (χ3v) is 15.9. The van der Waals surface area contributed by atoms with Crippen molar-refractivity contribution in [1.29, 1.82) is 0 Å². The molecule has 0 N–H and O–H groups in total. The van der Waals surface area contributed by atoms with Crippen LogP contribution in [0.5, 0.6) is 0 Å². The number of ether oxygens (including phenoxy) is 3. The molecule has 82 heavy (non-hydrogen) atoms. The van der Waals surface area contributed by atoms with Crippen LogP contribution in [-0.4, -0.2) is 37.2 Å². The van der Waals surface area contributed by atoms with Crippen molar-refractivity contribution in [2.24, 2.45) is 0 Å². The third-order valence-electron chi connectivity index (χ3n) is 15.9. The van der Waals surface area contributed by atoms with Crippen LogP contribution < -0.4 is 0 Å². The van der Waals surface area contributed by atoms with Crippen molar-refractivity contribution in [3.8, 4) is 0 Å². The first-order valence-electron chi connectivity index (χ1n) is 35.9. The summed E-state index contributed by atoms with van der Waals surface area (Å²) in [7, 11) is 0. The molecule has 0 spiro atoms. The standard InChI is InChI=1S/C76H136O6/c1-4-7-10-13-16-19-22-25-28-31-32-33-34-35-36-37-38-39-40-41-42-43-44-46-48-51-54-57-60-63-66-69-75(78)81-72-73(71-80-74(77)68-65-62-59-56-53-50-47-30-27-24-21-18-15-12-9-6-3)82-76(79)70-67-64-61-58-55-52-49-45-29-26-23-20-17-14-11-8-5-2/h21-22,24-26,29-32,34-35,47,73H,4-20,23,27-28,33,36-46,48-72H2,1-3H3/b24-21-,25-22-,29-26-,32-31-,35-34-,47-30-. The van der Waals surface area contributed by atoms with Crippen LogP contribution in [0.1, 0.15) is 374 Å². The molecule has 0 aliphatic carbocycles. The number of carbonyl (C=O) groups excluding carboxylic acids is 3. The molecule has 0 aromatic heterocycles. The van der Waals surface area contributed by atoms with Gasteiger partial charge in [-0.2, -0.15) is 0 Å². The van der Waals surface area contributed by atoms with Crippen LogP contribution in [0.2, 0.25) is 0 Å². The Hall–Kier alpha value is -3.15. The van der Waals surface area contributed by atoms with Crippen LogP contribution in [0.25, 0.3) is 0 Å². The minimum atomic E-state index is -0.784. The highest BCUT2D eigenvalue weighted by atomic mass is 16.6. The monoisotopic (exact) mass is 1150 g/mol. The van der Waals surface area contributed by atoms with Gasteiger partial charge in [-0.25, -0.2) is 0 Å². The largest absolute Gasteiger partial charge is 0.462 e. The van der Waals surface area contributed by atoms with Crippen LogP contribution in [0, 0.1) is 0 Å². The minimum absolute atomic E-state index is 0.0787. The van der Waals surface area contributed by atoms with Crippen molar-refractivity contribution in [1.82, 2.24) is 0 Å². The van der Waals surface area contributed by atoms with Crippen molar-refractivity contribution in [3.63, 3.8) is 0 Å². The molecule has 0 saturated heterocycles. The number of hydrogen-bond donors (Lipinski definition) is 0. The van der Waals surface area contributed by atoms with E-state index >= 15 is 0 Å². The normalized spacial score (nSPS) is 12.5. The van der Waals surface area contributed by atoms with Crippen LogP contribution in [-0.2, 0) is 28.6 Å². The Morgan fingerprint density at radius 2 is 0.439 bits per heavy atom. The first-order chi connectivity index (χ1) is 40.5. The summed E-state index contributed by atoms with van der Waals surface area (Å²) in [6.07, 6.45) is 92.2. The lowest BCUT2D eigenvalue weighted by molar-refractivity contribution is -0.167. The maximum atomic E-state index is 12.9. The van der Waals surface area contributed by atoms with E-state index in [1.807, 2.05) is 0 Å². The topological polar surface area (TPSA) is 78.9 Å². The van der Waals surface area contributed by atoms with Gasteiger partial charge in [0, 0.05) is 19.3 Å². The lowest BCUT2D eigenvalue weighted by atomic mass is 10.0. The average molecular weight is 1150 g/mol. The van der Waals surface area contributed by atoms with Crippen molar-refractivity contribution in [3.05, 3.63) is 72.9 Å². The second-order valence-electron chi connectivity index (χ2n) is 24.1. The van der Waals surface area contributed by atoms with Crippen LogP contribution in [0.4, 0.5) is 0 Å². The van der Waals surface area contributed by atoms with Gasteiger partial charge in [0.25, 0.3) is 0 Å². The second kappa shape index (κ2) is 70.3. The molecule has 6 nitrogen and oxygen atoms in total. The van der Waals surface area contributed by atoms with Gasteiger partial charge in [-0.3, -0.25) is 14.4 Å². The van der Waals surface area contributed by atoms with Gasteiger partial charge in [-0.15, -0.1) is 0 Å². The van der Waals surface area contributed by atoms with Gasteiger partial charge in [-0.05, 0) is 116 Å². The fourth-order valence-corrected chi connectivity index (χ4v) is 10.5. The number of allylic oxidation sites excluding steroid dienone is 12. The van der Waals surface area contributed by atoms with Crippen LogP contribution in [0.3, 0.4) is 0 Å². The summed E-state index contributed by atoms with van der Waals surface area (Å²) in [6, 6.07) is 0. The number of rotatable bonds is 66. The van der Waals surface area contributed by atoms with Crippen molar-refractivity contribution < 1.29 is 28.6 Å². The van der Waals surface area contributed by atoms with Crippen molar-refractivity contribution in [2.75, 3.05) is 13.2 Å². The van der Waals surface area contributed by atoms with Crippen molar-refractivity contribution in [2.45, 2.75) is 380 Å². The van der Waals surface area contributed by atoms with E-state index < -0.39 is 6.10 Å². The van der Waals surface area contributed by atoms with E-state index in [0.29, 0.717) is 19.3 Å². The van der Waals surface area contributed by atoms with Gasteiger partial charge < -0.3 is 14.2 Å². The second-order valence-corrected chi connectivity index (χ2v) is 24.1. The van der Waals surface area contributed by atoms with E-state index in [1.165, 1.54) is 244 Å². The Morgan fingerprint density at radius 1 is 0.244 bits per heavy atom. The van der Waals surface area contributed by atoms with Crippen molar-refractivity contribution >= 4 is 17.9 Å². The molecule has 1 unspecified atom stereocenters. The Balaban J connectivity index is 4.24. The predicted octanol–water partition coefficient (Wildman–Crippen LogP) is 24.8. The molecule has 0 aliphatic rings. The van der Waals surface area contributed by atoms with Gasteiger partial charge in [0.2, 0.25) is 0 Å². The Labute approximate surface area is 510 Å². The van der Waals surface area contributed by atoms with E-state index in [-0.39, 0.29) is 31.1 Å². The summed E-state index contributed by atoms with van der Waals surface area (Å²) < 4.78 is 17.0. The lowest BCUT2D eigenvalue weighted by Gasteiger charge is -2.18. The molecule has 476 valence electrons. The molecule has 0 rings (SSSR count). The number of hydrogen-bond acceptors (Lipinski definition) is 6. The highest BCUT2D eigenvalue weighted by molar-refractivity contribution is 5.71. The zero-order valence-electron chi connectivity index (χ0n) is 54.8. The van der Waals surface area contributed by atoms with Gasteiger partial charge in [0.05, 0.1) is 0 Å². The molecule has 0 aromatic carbocycles. The maximum absolute atomic E-state index is 12.9. The number of esters is 3. The average Bonchev–Trinajstić information content (AvgIpc) is 3.47. The zero-order valence-corrected chi connectivity index (χ0v) is 54.8. The molecule has 0 amide bonds. The molecule has 0 bridgehead atoms. The molecule has 0 heterocycles. The third kappa shape index (κ3) is 67.6. The molecule has 1 atom stereocenters. The SMILES string of the molecule is CCCCCC/C=C\C/C=C\CCCCCCCC(=O)OCC(COC(=O)CCCCCCCCCCCCCCCCCC/C=C\C/C=C\C/C=C\CCCCCCC)OC(=O)CCCCCCCCC/C=C\CCCCCCCC. The fourth-order valence-electron chi connectivity index (χ4n) is 10.5. The first kappa shape index (κ1) is 78.8. The minimum Gasteiger partial charge on any atom is -0.462 e. The van der Waals surface area contributed by atoms with Gasteiger partial charge in [0.1, 0.15) is 13.2 Å².